The van der Waals surface area contributed by atoms with E-state index in [-0.39, 0.29) is 50.8 Å². The molecule has 32 heavy (non-hydrogen) atoms. The molecule has 0 amide bonds. The molecule has 7 heteroatoms. The molecule has 0 unspecified atom stereocenters. The minimum absolute atomic E-state index is 0. The normalized spacial score (nSPS) is 11.0. The van der Waals surface area contributed by atoms with Crippen molar-refractivity contribution < 1.29 is 52.9 Å². The molecule has 1 N–H and O–H groups in total. The molecule has 0 aromatic carbocycles. The molecule has 0 rings (SSSR count). The van der Waals surface area contributed by atoms with Crippen molar-refractivity contribution in [2.75, 3.05) is 19.8 Å². The van der Waals surface area contributed by atoms with E-state index >= 15 is 0 Å². The molecule has 0 aliphatic carbocycles. The largest absolute Gasteiger partial charge is 1.00 e. The molecule has 0 aromatic heterocycles. The van der Waals surface area contributed by atoms with Crippen LogP contribution >= 0.6 is 0 Å². The summed E-state index contributed by atoms with van der Waals surface area (Å²) in [6.07, 6.45) is 23.0. The molecular weight excluding hydrogens is 435 g/mol. The average molecular weight is 491 g/mol. The molecule has 5 nitrogen and oxygen atoms in total. The molecule has 0 spiro atoms. The van der Waals surface area contributed by atoms with Crippen LogP contribution in [0.1, 0.15) is 144 Å². The number of aliphatic hydroxyl groups excluding tert-OH is 1. The van der Waals surface area contributed by atoms with Crippen LogP contribution in [0.5, 0.6) is 0 Å². The first-order valence-electron chi connectivity index (χ1n) is 13.2. The summed E-state index contributed by atoms with van der Waals surface area (Å²) in [6, 6.07) is 0. The minimum atomic E-state index is -3.80. The van der Waals surface area contributed by atoms with Gasteiger partial charge in [-0.15, -0.1) is 0 Å². The predicted octanol–water partition coefficient (Wildman–Crippen LogP) is 4.83. The van der Waals surface area contributed by atoms with Gasteiger partial charge in [-0.3, -0.25) is 0 Å². The van der Waals surface area contributed by atoms with E-state index in [4.69, 9.17) is 13.5 Å². The first-order chi connectivity index (χ1) is 15.0. The second-order valence-corrected chi connectivity index (χ2v) is 9.67. The summed E-state index contributed by atoms with van der Waals surface area (Å²) in [5.41, 5.74) is 0. The Bertz CT molecular complexity index is 425. The molecule has 0 atom stereocenters. The van der Waals surface area contributed by atoms with Gasteiger partial charge in [0.2, 0.25) is 0 Å². The van der Waals surface area contributed by atoms with Crippen molar-refractivity contribution in [2.45, 2.75) is 143 Å². The van der Waals surface area contributed by atoms with Gasteiger partial charge < -0.3 is 6.53 Å². The molecule has 192 valence electrons. The summed E-state index contributed by atoms with van der Waals surface area (Å²) in [4.78, 5) is 0. The molecule has 0 aliphatic rings. The Balaban J connectivity index is -0.000000793. The smallest absolute Gasteiger partial charge is 1.00 e. The number of hydrogen-bond donors (Lipinski definition) is 1. The zero-order valence-electron chi connectivity index (χ0n) is 23.0. The zero-order valence-corrected chi connectivity index (χ0v) is 24.9. The summed E-state index contributed by atoms with van der Waals surface area (Å²) in [5.74, 6) is 0. The molecule has 0 heterocycles. The van der Waals surface area contributed by atoms with E-state index in [1.54, 1.807) is 6.92 Å². The van der Waals surface area contributed by atoms with Crippen molar-refractivity contribution in [2.24, 2.45) is 0 Å². The molecule has 0 aliphatic heterocycles. The van der Waals surface area contributed by atoms with Crippen LogP contribution in [0.25, 0.3) is 0 Å². The third-order valence-electron chi connectivity index (χ3n) is 5.20. The van der Waals surface area contributed by atoms with Crippen LogP contribution in [0, 0.1) is 0 Å². The maximum atomic E-state index is 11.7. The molecule has 0 bridgehead atoms. The Hall–Kier alpha value is 0.830. The fourth-order valence-corrected chi connectivity index (χ4v) is 4.07. The van der Waals surface area contributed by atoms with E-state index in [1.807, 2.05) is 0 Å². The number of hydrogen-bond acceptors (Lipinski definition) is 5. The van der Waals surface area contributed by atoms with Gasteiger partial charge in [0.05, 0.1) is 13.2 Å². The summed E-state index contributed by atoms with van der Waals surface area (Å²) < 4.78 is 33.2. The van der Waals surface area contributed by atoms with E-state index < -0.39 is 10.4 Å². The number of rotatable bonds is 23. The zero-order chi connectivity index (χ0) is 23.5. The first-order valence-corrected chi connectivity index (χ1v) is 14.5. The van der Waals surface area contributed by atoms with Gasteiger partial charge in [0.15, 0.2) is 0 Å². The quantitative estimate of drug-likeness (QED) is 0.164. The van der Waals surface area contributed by atoms with Gasteiger partial charge in [-0.1, -0.05) is 123 Å². The number of unbranched alkanes of at least 4 members (excludes halogenated alkanes) is 17. The van der Waals surface area contributed by atoms with Gasteiger partial charge in [-0.25, -0.2) is 8.37 Å². The monoisotopic (exact) mass is 490 g/mol. The summed E-state index contributed by atoms with van der Waals surface area (Å²) >= 11 is 0. The van der Waals surface area contributed by atoms with Crippen molar-refractivity contribution in [3.63, 3.8) is 0 Å². The summed E-state index contributed by atoms with van der Waals surface area (Å²) in [5, 5.41) is 7.57. The summed E-state index contributed by atoms with van der Waals surface area (Å²) in [7, 11) is -3.80. The van der Waals surface area contributed by atoms with Crippen LogP contribution in [0.3, 0.4) is 0 Å². The van der Waals surface area contributed by atoms with Crippen molar-refractivity contribution in [1.29, 1.82) is 0 Å². The van der Waals surface area contributed by atoms with Crippen molar-refractivity contribution in [3.05, 3.63) is 0 Å². The third kappa shape index (κ3) is 35.4. The van der Waals surface area contributed by atoms with E-state index in [2.05, 4.69) is 13.8 Å². The fourth-order valence-electron chi connectivity index (χ4n) is 3.36. The maximum Gasteiger partial charge on any atom is 1.00 e. The van der Waals surface area contributed by atoms with Crippen LogP contribution < -0.4 is 29.6 Å². The molecular formula is C25H55NaO5S. The molecule has 0 fully saturated rings. The average Bonchev–Trinajstić information content (AvgIpc) is 2.74. The molecule has 0 radical (unpaired) electrons. The molecule has 0 saturated heterocycles. The van der Waals surface area contributed by atoms with E-state index in [9.17, 15) is 8.42 Å². The third-order valence-corrected chi connectivity index (χ3v) is 6.11. The van der Waals surface area contributed by atoms with Gasteiger partial charge >= 0.3 is 40.0 Å². The Morgan fingerprint density at radius 3 is 1.00 bits per heavy atom. The van der Waals surface area contributed by atoms with Crippen LogP contribution in [0.15, 0.2) is 0 Å². The van der Waals surface area contributed by atoms with Crippen LogP contribution in [0.2, 0.25) is 0 Å². The minimum Gasteiger partial charge on any atom is -1.00 e. The molecule has 0 aromatic rings. The SMILES string of the molecule is CCCCCCCCCCCCOS(=O)(=O)OCCCCCCCCCCC.CCO.[H-].[Na+]. The first kappa shape index (κ1) is 37.4. The Labute approximate surface area is 224 Å². The van der Waals surface area contributed by atoms with Crippen molar-refractivity contribution in [1.82, 2.24) is 0 Å². The maximum absolute atomic E-state index is 11.7. The second kappa shape index (κ2) is 31.8. The second-order valence-electron chi connectivity index (χ2n) is 8.38. The number of aliphatic hydroxyl groups is 1. The molecule has 0 saturated carbocycles. The Morgan fingerprint density at radius 2 is 0.750 bits per heavy atom. The topological polar surface area (TPSA) is 72.8 Å². The van der Waals surface area contributed by atoms with E-state index in [0.717, 1.165) is 38.5 Å². The predicted molar refractivity (Wildman–Crippen MR) is 134 cm³/mol. The van der Waals surface area contributed by atoms with Crippen LogP contribution in [-0.2, 0) is 18.8 Å². The van der Waals surface area contributed by atoms with Crippen molar-refractivity contribution in [3.8, 4) is 0 Å². The van der Waals surface area contributed by atoms with Gasteiger partial charge in [-0.05, 0) is 19.8 Å². The van der Waals surface area contributed by atoms with Gasteiger partial charge in [0.1, 0.15) is 0 Å². The van der Waals surface area contributed by atoms with Gasteiger partial charge in [0.25, 0.3) is 0 Å². The van der Waals surface area contributed by atoms with Crippen LogP contribution in [0.4, 0.5) is 0 Å². The Morgan fingerprint density at radius 1 is 0.531 bits per heavy atom. The van der Waals surface area contributed by atoms with E-state index in [0.29, 0.717) is 0 Å². The summed E-state index contributed by atoms with van der Waals surface area (Å²) in [6.45, 7) is 6.90. The Kier molecular flexibility index (Phi) is 37.2. The standard InChI is InChI=1S/C23H48O4S.C2H6O.Na.H/c1-3-5-7-9-11-13-15-17-19-21-23-27-28(24,25)26-22-20-18-16-14-12-10-8-6-4-2;1-2-3;;/h3-23H2,1-2H3;3H,2H2,1H3;;/q;;+1;-1. The van der Waals surface area contributed by atoms with Crippen LogP contribution in [-0.4, -0.2) is 33.3 Å². The van der Waals surface area contributed by atoms with Gasteiger partial charge in [0, 0.05) is 6.61 Å². The van der Waals surface area contributed by atoms with Crippen molar-refractivity contribution >= 4 is 10.4 Å². The van der Waals surface area contributed by atoms with E-state index in [1.165, 1.54) is 83.5 Å². The fraction of sp³-hybridized carbons (Fsp3) is 1.00. The van der Waals surface area contributed by atoms with Gasteiger partial charge in [-0.2, -0.15) is 8.42 Å².